The van der Waals surface area contributed by atoms with Crippen molar-refractivity contribution in [1.82, 2.24) is 10.2 Å². The Balaban J connectivity index is 2.65. The molecule has 0 aromatic carbocycles. The Morgan fingerprint density at radius 1 is 1.35 bits per heavy atom. The van der Waals surface area contributed by atoms with Gasteiger partial charge in [-0.2, -0.15) is 0 Å². The molecular weight excluding hydrogens is 252 g/mol. The SMILES string of the molecule is CCC(C)C(=O)N[C@@H](CN1CCOCC1(C)C)C(C)C. The molecule has 0 aliphatic carbocycles. The largest absolute Gasteiger partial charge is 0.378 e. The van der Waals surface area contributed by atoms with E-state index in [1.54, 1.807) is 0 Å². The van der Waals surface area contributed by atoms with Gasteiger partial charge in [-0.15, -0.1) is 0 Å². The van der Waals surface area contributed by atoms with Crippen LogP contribution in [0.25, 0.3) is 0 Å². The molecule has 1 heterocycles. The van der Waals surface area contributed by atoms with Crippen molar-refractivity contribution in [3.8, 4) is 0 Å². The summed E-state index contributed by atoms with van der Waals surface area (Å²) in [5.74, 6) is 0.702. The van der Waals surface area contributed by atoms with E-state index in [0.29, 0.717) is 5.92 Å². The molecule has 1 N–H and O–H groups in total. The highest BCUT2D eigenvalue weighted by molar-refractivity contribution is 5.78. The molecule has 4 heteroatoms. The maximum Gasteiger partial charge on any atom is 0.223 e. The summed E-state index contributed by atoms with van der Waals surface area (Å²) in [6.45, 7) is 16.2. The molecule has 4 nitrogen and oxygen atoms in total. The summed E-state index contributed by atoms with van der Waals surface area (Å²) in [5.41, 5.74) is 0.0481. The molecule has 0 bridgehead atoms. The van der Waals surface area contributed by atoms with Crippen molar-refractivity contribution in [1.29, 1.82) is 0 Å². The highest BCUT2D eigenvalue weighted by Crippen LogP contribution is 2.20. The molecule has 0 aromatic rings. The summed E-state index contributed by atoms with van der Waals surface area (Å²) in [4.78, 5) is 14.6. The van der Waals surface area contributed by atoms with Crippen LogP contribution >= 0.6 is 0 Å². The van der Waals surface area contributed by atoms with E-state index in [0.717, 1.165) is 32.7 Å². The van der Waals surface area contributed by atoms with E-state index < -0.39 is 0 Å². The first-order chi connectivity index (χ1) is 9.27. The van der Waals surface area contributed by atoms with Crippen LogP contribution in [0.1, 0.15) is 48.0 Å². The van der Waals surface area contributed by atoms with Gasteiger partial charge in [0, 0.05) is 30.6 Å². The summed E-state index contributed by atoms with van der Waals surface area (Å²) in [5, 5.41) is 3.23. The second kappa shape index (κ2) is 7.41. The number of morpholine rings is 1. The Morgan fingerprint density at radius 2 is 2.00 bits per heavy atom. The lowest BCUT2D eigenvalue weighted by Crippen LogP contribution is -2.58. The second-order valence-electron chi connectivity index (χ2n) is 6.98. The maximum absolute atomic E-state index is 12.1. The first kappa shape index (κ1) is 17.4. The standard InChI is InChI=1S/C16H32N2O2/c1-7-13(4)15(19)17-14(12(2)3)10-18-8-9-20-11-16(18,5)6/h12-14H,7-11H2,1-6H3,(H,17,19)/t13?,14-/m0/s1. The molecular formula is C16H32N2O2. The van der Waals surface area contributed by atoms with E-state index in [-0.39, 0.29) is 23.4 Å². The van der Waals surface area contributed by atoms with Gasteiger partial charge in [-0.25, -0.2) is 0 Å². The first-order valence-corrected chi connectivity index (χ1v) is 7.91. The fourth-order valence-corrected chi connectivity index (χ4v) is 2.40. The number of hydrogen-bond donors (Lipinski definition) is 1. The quantitative estimate of drug-likeness (QED) is 0.813. The molecule has 1 unspecified atom stereocenters. The van der Waals surface area contributed by atoms with E-state index in [4.69, 9.17) is 4.74 Å². The molecule has 0 radical (unpaired) electrons. The Kier molecular flexibility index (Phi) is 6.46. The van der Waals surface area contributed by atoms with Crippen LogP contribution < -0.4 is 5.32 Å². The van der Waals surface area contributed by atoms with Gasteiger partial charge in [-0.05, 0) is 26.2 Å². The molecule has 1 aliphatic heterocycles. The third kappa shape index (κ3) is 4.74. The van der Waals surface area contributed by atoms with Gasteiger partial charge in [0.15, 0.2) is 0 Å². The van der Waals surface area contributed by atoms with E-state index in [9.17, 15) is 4.79 Å². The Bertz CT molecular complexity index is 316. The summed E-state index contributed by atoms with van der Waals surface area (Å²) in [6, 6.07) is 0.203. The predicted octanol–water partition coefficient (Wildman–Crippen LogP) is 2.28. The van der Waals surface area contributed by atoms with Crippen LogP contribution in [0.15, 0.2) is 0 Å². The minimum absolute atomic E-state index is 0.0481. The van der Waals surface area contributed by atoms with Crippen molar-refractivity contribution in [3.63, 3.8) is 0 Å². The fraction of sp³-hybridized carbons (Fsp3) is 0.938. The molecule has 2 atom stereocenters. The van der Waals surface area contributed by atoms with Crippen LogP contribution in [-0.4, -0.2) is 48.7 Å². The number of nitrogens with zero attached hydrogens (tertiary/aromatic N) is 1. The number of hydrogen-bond acceptors (Lipinski definition) is 3. The Hall–Kier alpha value is -0.610. The lowest BCUT2D eigenvalue weighted by atomic mass is 9.97. The monoisotopic (exact) mass is 284 g/mol. The second-order valence-corrected chi connectivity index (χ2v) is 6.98. The average Bonchev–Trinajstić information content (AvgIpc) is 2.38. The van der Waals surface area contributed by atoms with E-state index >= 15 is 0 Å². The Labute approximate surface area is 124 Å². The van der Waals surface area contributed by atoms with Crippen molar-refractivity contribution in [2.75, 3.05) is 26.3 Å². The molecule has 118 valence electrons. The number of carbonyl (C=O) groups is 1. The van der Waals surface area contributed by atoms with Crippen molar-refractivity contribution < 1.29 is 9.53 Å². The molecule has 0 spiro atoms. The molecule has 0 aromatic heterocycles. The summed E-state index contributed by atoms with van der Waals surface area (Å²) < 4.78 is 5.56. The van der Waals surface area contributed by atoms with Gasteiger partial charge in [-0.1, -0.05) is 27.7 Å². The van der Waals surface area contributed by atoms with Gasteiger partial charge in [-0.3, -0.25) is 9.69 Å². The highest BCUT2D eigenvalue weighted by atomic mass is 16.5. The predicted molar refractivity (Wildman–Crippen MR) is 82.7 cm³/mol. The summed E-state index contributed by atoms with van der Waals surface area (Å²) in [6.07, 6.45) is 0.889. The van der Waals surface area contributed by atoms with Crippen LogP contribution in [0.2, 0.25) is 0 Å². The minimum atomic E-state index is 0.0481. The molecule has 1 amide bonds. The number of carbonyl (C=O) groups excluding carboxylic acids is 1. The number of nitrogens with one attached hydrogen (secondary N) is 1. The van der Waals surface area contributed by atoms with Gasteiger partial charge >= 0.3 is 0 Å². The van der Waals surface area contributed by atoms with Crippen LogP contribution in [0.4, 0.5) is 0 Å². The van der Waals surface area contributed by atoms with E-state index in [1.807, 2.05) is 6.92 Å². The molecule has 1 aliphatic rings. The van der Waals surface area contributed by atoms with Crippen LogP contribution in [-0.2, 0) is 9.53 Å². The van der Waals surface area contributed by atoms with Gasteiger partial charge in [0.2, 0.25) is 5.91 Å². The van der Waals surface area contributed by atoms with Crippen molar-refractivity contribution in [2.45, 2.75) is 59.5 Å². The van der Waals surface area contributed by atoms with Crippen molar-refractivity contribution in [2.24, 2.45) is 11.8 Å². The van der Waals surface area contributed by atoms with Crippen LogP contribution in [0.3, 0.4) is 0 Å². The first-order valence-electron chi connectivity index (χ1n) is 7.91. The lowest BCUT2D eigenvalue weighted by molar-refractivity contribution is -0.126. The molecule has 1 fully saturated rings. The number of ether oxygens (including phenoxy) is 1. The smallest absolute Gasteiger partial charge is 0.223 e. The van der Waals surface area contributed by atoms with E-state index in [1.165, 1.54) is 0 Å². The van der Waals surface area contributed by atoms with Crippen LogP contribution in [0, 0.1) is 11.8 Å². The normalized spacial score (nSPS) is 22.6. The number of rotatable bonds is 6. The highest BCUT2D eigenvalue weighted by Gasteiger charge is 2.33. The zero-order valence-corrected chi connectivity index (χ0v) is 14.0. The number of amides is 1. The van der Waals surface area contributed by atoms with E-state index in [2.05, 4.69) is 44.8 Å². The van der Waals surface area contributed by atoms with Gasteiger partial charge < -0.3 is 10.1 Å². The van der Waals surface area contributed by atoms with Crippen LogP contribution in [0.5, 0.6) is 0 Å². The summed E-state index contributed by atoms with van der Waals surface area (Å²) in [7, 11) is 0. The fourth-order valence-electron chi connectivity index (χ4n) is 2.40. The molecule has 0 saturated carbocycles. The molecule has 20 heavy (non-hydrogen) atoms. The van der Waals surface area contributed by atoms with Gasteiger partial charge in [0.05, 0.1) is 13.2 Å². The zero-order valence-electron chi connectivity index (χ0n) is 14.0. The zero-order chi connectivity index (χ0) is 15.3. The summed E-state index contributed by atoms with van der Waals surface area (Å²) >= 11 is 0. The minimum Gasteiger partial charge on any atom is -0.378 e. The third-order valence-corrected chi connectivity index (χ3v) is 4.43. The molecule has 1 saturated heterocycles. The van der Waals surface area contributed by atoms with Gasteiger partial charge in [0.25, 0.3) is 0 Å². The average molecular weight is 284 g/mol. The van der Waals surface area contributed by atoms with Crippen molar-refractivity contribution in [3.05, 3.63) is 0 Å². The third-order valence-electron chi connectivity index (χ3n) is 4.43. The lowest BCUT2D eigenvalue weighted by Gasteiger charge is -2.44. The maximum atomic E-state index is 12.1. The van der Waals surface area contributed by atoms with Gasteiger partial charge in [0.1, 0.15) is 0 Å². The Morgan fingerprint density at radius 3 is 2.50 bits per heavy atom. The topological polar surface area (TPSA) is 41.6 Å². The molecule has 1 rings (SSSR count). The van der Waals surface area contributed by atoms with Crippen molar-refractivity contribution >= 4 is 5.91 Å².